The maximum absolute atomic E-state index is 11.5. The summed E-state index contributed by atoms with van der Waals surface area (Å²) in [6.45, 7) is 7.75. The van der Waals surface area contributed by atoms with Gasteiger partial charge in [0.05, 0.1) is 11.7 Å². The lowest BCUT2D eigenvalue weighted by Crippen LogP contribution is -2.51. The van der Waals surface area contributed by atoms with Gasteiger partial charge in [-0.15, -0.1) is 0 Å². The van der Waals surface area contributed by atoms with Crippen LogP contribution in [-0.4, -0.2) is 32.4 Å². The van der Waals surface area contributed by atoms with Gasteiger partial charge in [0.1, 0.15) is 5.54 Å². The molecular weight excluding hydrogens is 242 g/mol. The first-order chi connectivity index (χ1) is 8.82. The van der Waals surface area contributed by atoms with E-state index in [2.05, 4.69) is 10.4 Å². The maximum atomic E-state index is 11.5. The van der Waals surface area contributed by atoms with Gasteiger partial charge in [0.15, 0.2) is 0 Å². The summed E-state index contributed by atoms with van der Waals surface area (Å²) >= 11 is 0. The van der Waals surface area contributed by atoms with E-state index in [1.165, 1.54) is 0 Å². The predicted molar refractivity (Wildman–Crippen MR) is 73.2 cm³/mol. The number of aryl methyl sites for hydroxylation is 2. The van der Waals surface area contributed by atoms with Gasteiger partial charge in [0.2, 0.25) is 0 Å². The van der Waals surface area contributed by atoms with Gasteiger partial charge in [-0.3, -0.25) is 14.8 Å². The van der Waals surface area contributed by atoms with Crippen molar-refractivity contribution in [3.63, 3.8) is 0 Å². The van der Waals surface area contributed by atoms with Crippen LogP contribution < -0.4 is 5.32 Å². The van der Waals surface area contributed by atoms with Gasteiger partial charge in [0, 0.05) is 11.7 Å². The molecule has 5 heteroatoms. The summed E-state index contributed by atoms with van der Waals surface area (Å²) in [7, 11) is 0. The van der Waals surface area contributed by atoms with Crippen molar-refractivity contribution in [2.75, 3.05) is 0 Å². The summed E-state index contributed by atoms with van der Waals surface area (Å²) < 4.78 is 1.92. The molecule has 0 amide bonds. The second-order valence-corrected chi connectivity index (χ2v) is 5.98. The molecule has 0 radical (unpaired) electrons. The standard InChI is InChI=1S/C14H23N3O2/c1-9-7-10(2)17(16-9)11(3)8-14(4,13(18)19)15-12-5-6-12/h7,11-12,15H,5-6,8H2,1-4H3,(H,18,19). The third-order valence-electron chi connectivity index (χ3n) is 3.74. The summed E-state index contributed by atoms with van der Waals surface area (Å²) in [5, 5.41) is 17.2. The molecule has 1 heterocycles. The van der Waals surface area contributed by atoms with E-state index in [0.29, 0.717) is 12.5 Å². The highest BCUT2D eigenvalue weighted by atomic mass is 16.4. The minimum absolute atomic E-state index is 0.0565. The van der Waals surface area contributed by atoms with Crippen LogP contribution in [0.25, 0.3) is 0 Å². The molecule has 19 heavy (non-hydrogen) atoms. The lowest BCUT2D eigenvalue weighted by molar-refractivity contribution is -0.145. The van der Waals surface area contributed by atoms with Gasteiger partial charge in [0.25, 0.3) is 0 Å². The highest BCUT2D eigenvalue weighted by Crippen LogP contribution is 2.28. The molecular formula is C14H23N3O2. The normalized spacial score (nSPS) is 20.0. The number of rotatable bonds is 6. The van der Waals surface area contributed by atoms with E-state index in [9.17, 15) is 9.90 Å². The zero-order valence-electron chi connectivity index (χ0n) is 12.1. The SMILES string of the molecule is Cc1cc(C)n(C(C)CC(C)(NC2CC2)C(=O)O)n1. The monoisotopic (exact) mass is 265 g/mol. The number of nitrogens with one attached hydrogen (secondary N) is 1. The molecule has 0 bridgehead atoms. The zero-order chi connectivity index (χ0) is 14.2. The molecule has 1 fully saturated rings. The van der Waals surface area contributed by atoms with Gasteiger partial charge < -0.3 is 5.11 Å². The number of carboxylic acids is 1. The Hall–Kier alpha value is -1.36. The summed E-state index contributed by atoms with van der Waals surface area (Å²) in [6, 6.07) is 2.44. The van der Waals surface area contributed by atoms with Gasteiger partial charge in [-0.25, -0.2) is 0 Å². The van der Waals surface area contributed by atoms with Crippen molar-refractivity contribution < 1.29 is 9.90 Å². The van der Waals surface area contributed by atoms with E-state index in [-0.39, 0.29) is 6.04 Å². The Bertz CT molecular complexity index is 479. The molecule has 2 rings (SSSR count). The number of hydrogen-bond acceptors (Lipinski definition) is 3. The average molecular weight is 265 g/mol. The summed E-state index contributed by atoms with van der Waals surface area (Å²) in [5.41, 5.74) is 1.16. The highest BCUT2D eigenvalue weighted by Gasteiger charge is 2.40. The molecule has 1 aromatic heterocycles. The van der Waals surface area contributed by atoms with Crippen molar-refractivity contribution in [1.29, 1.82) is 0 Å². The van der Waals surface area contributed by atoms with Crippen molar-refractivity contribution in [3.05, 3.63) is 17.5 Å². The molecule has 1 aromatic rings. The van der Waals surface area contributed by atoms with E-state index in [4.69, 9.17) is 0 Å². The minimum atomic E-state index is -0.882. The van der Waals surface area contributed by atoms with Crippen molar-refractivity contribution in [1.82, 2.24) is 15.1 Å². The summed E-state index contributed by atoms with van der Waals surface area (Å²) in [5.74, 6) is -0.784. The smallest absolute Gasteiger partial charge is 0.323 e. The number of aliphatic carboxylic acids is 1. The number of aromatic nitrogens is 2. The predicted octanol–water partition coefficient (Wildman–Crippen LogP) is 2.05. The Labute approximate surface area is 114 Å². The van der Waals surface area contributed by atoms with Crippen molar-refractivity contribution >= 4 is 5.97 Å². The fourth-order valence-corrected chi connectivity index (χ4v) is 2.66. The Morgan fingerprint density at radius 2 is 2.26 bits per heavy atom. The van der Waals surface area contributed by atoms with Crippen LogP contribution in [0.5, 0.6) is 0 Å². The molecule has 0 aromatic carbocycles. The molecule has 5 nitrogen and oxygen atoms in total. The van der Waals surface area contributed by atoms with Gasteiger partial charge in [-0.05, 0) is 53.0 Å². The Morgan fingerprint density at radius 1 is 1.63 bits per heavy atom. The molecule has 0 aliphatic heterocycles. The van der Waals surface area contributed by atoms with E-state index in [1.54, 1.807) is 6.92 Å². The second-order valence-electron chi connectivity index (χ2n) is 5.98. The molecule has 1 aliphatic rings. The summed E-state index contributed by atoms with van der Waals surface area (Å²) in [4.78, 5) is 11.5. The Morgan fingerprint density at radius 3 is 2.68 bits per heavy atom. The van der Waals surface area contributed by atoms with Crippen LogP contribution in [0.15, 0.2) is 6.07 Å². The fraction of sp³-hybridized carbons (Fsp3) is 0.714. The van der Waals surface area contributed by atoms with Crippen LogP contribution in [0.4, 0.5) is 0 Å². The van der Waals surface area contributed by atoms with Crippen molar-refractivity contribution in [3.8, 4) is 0 Å². The quantitative estimate of drug-likeness (QED) is 0.826. The Kier molecular flexibility index (Phi) is 3.67. The topological polar surface area (TPSA) is 67.2 Å². The van der Waals surface area contributed by atoms with Crippen LogP contribution in [0.3, 0.4) is 0 Å². The van der Waals surface area contributed by atoms with Gasteiger partial charge >= 0.3 is 5.97 Å². The molecule has 2 unspecified atom stereocenters. The van der Waals surface area contributed by atoms with Gasteiger partial charge in [-0.1, -0.05) is 0 Å². The number of hydrogen-bond donors (Lipinski definition) is 2. The van der Waals surface area contributed by atoms with E-state index < -0.39 is 11.5 Å². The molecule has 0 spiro atoms. The molecule has 106 valence electrons. The van der Waals surface area contributed by atoms with Gasteiger partial charge in [-0.2, -0.15) is 5.10 Å². The first-order valence-electron chi connectivity index (χ1n) is 6.85. The van der Waals surface area contributed by atoms with Crippen LogP contribution in [0.1, 0.15) is 50.5 Å². The van der Waals surface area contributed by atoms with E-state index >= 15 is 0 Å². The van der Waals surface area contributed by atoms with E-state index in [1.807, 2.05) is 31.5 Å². The number of carbonyl (C=O) groups is 1. The lowest BCUT2D eigenvalue weighted by Gasteiger charge is -2.30. The first-order valence-corrected chi connectivity index (χ1v) is 6.85. The average Bonchev–Trinajstić information content (AvgIpc) is 3.02. The lowest BCUT2D eigenvalue weighted by atomic mass is 9.93. The molecule has 2 atom stereocenters. The summed E-state index contributed by atoms with van der Waals surface area (Å²) in [6.07, 6.45) is 2.69. The molecule has 1 saturated carbocycles. The van der Waals surface area contributed by atoms with Crippen LogP contribution in [0.2, 0.25) is 0 Å². The maximum Gasteiger partial charge on any atom is 0.323 e. The molecule has 1 aliphatic carbocycles. The zero-order valence-corrected chi connectivity index (χ0v) is 12.1. The largest absolute Gasteiger partial charge is 0.480 e. The number of carboxylic acid groups (broad SMARTS) is 1. The third kappa shape index (κ3) is 3.15. The highest BCUT2D eigenvalue weighted by molar-refractivity contribution is 5.78. The van der Waals surface area contributed by atoms with Crippen LogP contribution in [0, 0.1) is 13.8 Å². The second kappa shape index (κ2) is 4.96. The molecule has 0 saturated heterocycles. The van der Waals surface area contributed by atoms with Crippen LogP contribution in [-0.2, 0) is 4.79 Å². The fourth-order valence-electron chi connectivity index (χ4n) is 2.66. The van der Waals surface area contributed by atoms with Crippen molar-refractivity contribution in [2.45, 2.75) is 64.6 Å². The van der Waals surface area contributed by atoms with Crippen LogP contribution >= 0.6 is 0 Å². The minimum Gasteiger partial charge on any atom is -0.480 e. The van der Waals surface area contributed by atoms with Crippen molar-refractivity contribution in [2.24, 2.45) is 0 Å². The van der Waals surface area contributed by atoms with E-state index in [0.717, 1.165) is 24.2 Å². The first kappa shape index (κ1) is 14.1. The Balaban J connectivity index is 2.12. The third-order valence-corrected chi connectivity index (χ3v) is 3.74. The number of nitrogens with zero attached hydrogens (tertiary/aromatic N) is 2. The molecule has 2 N–H and O–H groups in total.